The molecule has 2 saturated heterocycles. The molecule has 2 aliphatic heterocycles. The van der Waals surface area contributed by atoms with Crippen LogP contribution < -0.4 is 9.96 Å². The first kappa shape index (κ1) is 22.2. The van der Waals surface area contributed by atoms with Crippen LogP contribution >= 0.6 is 11.6 Å². The van der Waals surface area contributed by atoms with Gasteiger partial charge in [0.05, 0.1) is 22.3 Å². The molecule has 8 nitrogen and oxygen atoms in total. The number of imide groups is 1. The first-order chi connectivity index (χ1) is 17.5. The summed E-state index contributed by atoms with van der Waals surface area (Å²) in [7, 11) is 0. The van der Waals surface area contributed by atoms with Gasteiger partial charge < -0.3 is 0 Å². The van der Waals surface area contributed by atoms with Gasteiger partial charge in [-0.1, -0.05) is 66.2 Å². The van der Waals surface area contributed by atoms with Crippen LogP contribution in [0.25, 0.3) is 10.8 Å². The van der Waals surface area contributed by atoms with Crippen molar-refractivity contribution in [2.45, 2.75) is 12.1 Å². The molecule has 2 heterocycles. The summed E-state index contributed by atoms with van der Waals surface area (Å²) in [4.78, 5) is 45.9. The molecule has 9 heteroatoms. The molecule has 6 rings (SSSR count). The highest BCUT2D eigenvalue weighted by atomic mass is 35.5. The monoisotopic (exact) mass is 499 g/mol. The lowest BCUT2D eigenvalue weighted by atomic mass is 9.90. The van der Waals surface area contributed by atoms with Crippen molar-refractivity contribution in [3.8, 4) is 0 Å². The van der Waals surface area contributed by atoms with Crippen LogP contribution in [-0.4, -0.2) is 22.8 Å². The van der Waals surface area contributed by atoms with Crippen molar-refractivity contribution in [3.63, 3.8) is 0 Å². The molecule has 0 aromatic heterocycles. The fourth-order valence-corrected chi connectivity index (χ4v) is 5.27. The normalized spacial score (nSPS) is 21.3. The number of nitrogens with zero attached hydrogens (tertiary/aromatic N) is 3. The minimum atomic E-state index is -1.11. The number of halogens is 1. The number of carbonyl (C=O) groups excluding carboxylic acids is 2. The molecule has 2 amide bonds. The van der Waals surface area contributed by atoms with Crippen LogP contribution in [-0.2, 0) is 14.4 Å². The van der Waals surface area contributed by atoms with Crippen molar-refractivity contribution in [2.75, 3.05) is 9.96 Å². The van der Waals surface area contributed by atoms with Crippen molar-refractivity contribution in [3.05, 3.63) is 112 Å². The van der Waals surface area contributed by atoms with Crippen molar-refractivity contribution in [2.24, 2.45) is 5.92 Å². The van der Waals surface area contributed by atoms with E-state index in [0.29, 0.717) is 16.9 Å². The molecule has 36 heavy (non-hydrogen) atoms. The molecule has 4 aromatic carbocycles. The molecule has 0 saturated carbocycles. The lowest BCUT2D eigenvalue weighted by Gasteiger charge is -2.29. The topological polar surface area (TPSA) is 93.0 Å². The number of hydrogen-bond acceptors (Lipinski definition) is 6. The second-order valence-corrected chi connectivity index (χ2v) is 9.04. The number of hydrogen-bond donors (Lipinski definition) is 0. The Morgan fingerprint density at radius 2 is 1.58 bits per heavy atom. The number of rotatable bonds is 4. The van der Waals surface area contributed by atoms with E-state index < -0.39 is 34.8 Å². The zero-order chi connectivity index (χ0) is 25.0. The van der Waals surface area contributed by atoms with Gasteiger partial charge in [0.2, 0.25) is 5.91 Å². The highest BCUT2D eigenvalue weighted by molar-refractivity contribution is 6.32. The number of para-hydroxylation sites is 1. The van der Waals surface area contributed by atoms with E-state index in [9.17, 15) is 19.7 Å². The van der Waals surface area contributed by atoms with E-state index in [-0.39, 0.29) is 10.7 Å². The summed E-state index contributed by atoms with van der Waals surface area (Å²) in [6, 6.07) is 25.1. The van der Waals surface area contributed by atoms with Gasteiger partial charge in [-0.15, -0.1) is 0 Å². The third kappa shape index (κ3) is 3.34. The largest absolute Gasteiger partial charge is 0.273 e. The van der Waals surface area contributed by atoms with E-state index in [2.05, 4.69) is 0 Å². The molecule has 0 unspecified atom stereocenters. The van der Waals surface area contributed by atoms with E-state index in [0.717, 1.165) is 15.7 Å². The van der Waals surface area contributed by atoms with Gasteiger partial charge in [-0.05, 0) is 29.7 Å². The Labute approximate surface area is 210 Å². The Hall–Kier alpha value is -4.27. The lowest BCUT2D eigenvalue weighted by molar-refractivity contribution is -0.384. The second-order valence-electron chi connectivity index (χ2n) is 8.63. The quantitative estimate of drug-likeness (QED) is 0.210. The van der Waals surface area contributed by atoms with Crippen LogP contribution in [0.3, 0.4) is 0 Å². The number of anilines is 2. The Morgan fingerprint density at radius 3 is 2.36 bits per heavy atom. The summed E-state index contributed by atoms with van der Waals surface area (Å²) in [6.07, 6.45) is -1.11. The van der Waals surface area contributed by atoms with Crippen LogP contribution in [0, 0.1) is 16.0 Å². The van der Waals surface area contributed by atoms with E-state index >= 15 is 0 Å². The average molecular weight is 500 g/mol. The summed E-state index contributed by atoms with van der Waals surface area (Å²) >= 11 is 6.53. The van der Waals surface area contributed by atoms with Gasteiger partial charge in [0.1, 0.15) is 5.92 Å². The third-order valence-corrected chi connectivity index (χ3v) is 6.99. The van der Waals surface area contributed by atoms with Gasteiger partial charge in [-0.2, -0.15) is 0 Å². The van der Waals surface area contributed by atoms with Crippen LogP contribution in [0.5, 0.6) is 0 Å². The molecule has 3 atom stereocenters. The zero-order valence-corrected chi connectivity index (χ0v) is 19.4. The standard InChI is InChI=1S/C27H18ClN3O5/c28-21-14-13-18(31(34)35)15-20(21)24-23-25(36-30(24)17-9-2-1-3-10-17)27(33)29(26(23)32)22-12-6-8-16-7-4-5-11-19(16)22/h1-15,23-25H/t23-,24+,25+/m0/s1. The highest BCUT2D eigenvalue weighted by Crippen LogP contribution is 2.50. The Morgan fingerprint density at radius 1 is 0.861 bits per heavy atom. The van der Waals surface area contributed by atoms with Gasteiger partial charge in [-0.25, -0.2) is 9.96 Å². The van der Waals surface area contributed by atoms with Crippen LogP contribution in [0.15, 0.2) is 91.0 Å². The maximum atomic E-state index is 14.0. The molecule has 2 aliphatic rings. The van der Waals surface area contributed by atoms with E-state index in [1.165, 1.54) is 23.3 Å². The molecule has 0 spiro atoms. The number of nitro groups is 1. The van der Waals surface area contributed by atoms with Gasteiger partial charge in [0.25, 0.3) is 11.6 Å². The fraction of sp³-hybridized carbons (Fsp3) is 0.111. The molecule has 2 fully saturated rings. The first-order valence-corrected chi connectivity index (χ1v) is 11.6. The third-order valence-electron chi connectivity index (χ3n) is 6.64. The summed E-state index contributed by atoms with van der Waals surface area (Å²) in [5, 5.41) is 14.9. The van der Waals surface area contributed by atoms with Gasteiger partial charge in [0, 0.05) is 28.1 Å². The van der Waals surface area contributed by atoms with E-state index in [4.69, 9.17) is 16.4 Å². The zero-order valence-electron chi connectivity index (χ0n) is 18.7. The molecular formula is C27H18ClN3O5. The number of hydroxylamine groups is 1. The smallest absolute Gasteiger partial charge is 0.269 e. The minimum absolute atomic E-state index is 0.173. The number of benzene rings is 4. The molecule has 4 aromatic rings. The predicted octanol–water partition coefficient (Wildman–Crippen LogP) is 5.45. The minimum Gasteiger partial charge on any atom is -0.273 e. The molecule has 0 aliphatic carbocycles. The summed E-state index contributed by atoms with van der Waals surface area (Å²) in [6.45, 7) is 0. The second kappa shape index (κ2) is 8.44. The van der Waals surface area contributed by atoms with Crippen molar-refractivity contribution in [1.29, 1.82) is 0 Å². The predicted molar refractivity (Wildman–Crippen MR) is 135 cm³/mol. The van der Waals surface area contributed by atoms with Crippen LogP contribution in [0.1, 0.15) is 11.6 Å². The number of nitro benzene ring substituents is 1. The molecule has 0 bridgehead atoms. The van der Waals surface area contributed by atoms with E-state index in [1.54, 1.807) is 36.4 Å². The van der Waals surface area contributed by atoms with Crippen LogP contribution in [0.2, 0.25) is 5.02 Å². The van der Waals surface area contributed by atoms with Gasteiger partial charge in [0.15, 0.2) is 6.10 Å². The van der Waals surface area contributed by atoms with E-state index in [1.807, 2.05) is 36.4 Å². The summed E-state index contributed by atoms with van der Waals surface area (Å²) in [5.41, 5.74) is 1.23. The first-order valence-electron chi connectivity index (χ1n) is 11.3. The lowest BCUT2D eigenvalue weighted by Crippen LogP contribution is -2.37. The maximum absolute atomic E-state index is 14.0. The molecule has 178 valence electrons. The average Bonchev–Trinajstić information content (AvgIpc) is 3.40. The highest BCUT2D eigenvalue weighted by Gasteiger charge is 2.61. The number of non-ortho nitro benzene ring substituents is 1. The van der Waals surface area contributed by atoms with Crippen LogP contribution in [0.4, 0.5) is 17.1 Å². The Bertz CT molecular complexity index is 1540. The SMILES string of the molecule is O=C1[C@H]2[C@@H](c3cc([N+](=O)[O-])ccc3Cl)N(c3ccccc3)O[C@H]2C(=O)N1c1cccc2ccccc12. The van der Waals surface area contributed by atoms with Gasteiger partial charge in [-0.3, -0.25) is 24.5 Å². The number of fused-ring (bicyclic) bond motifs is 2. The van der Waals surface area contributed by atoms with Gasteiger partial charge >= 0.3 is 0 Å². The summed E-state index contributed by atoms with van der Waals surface area (Å²) < 4.78 is 0. The van der Waals surface area contributed by atoms with Crippen molar-refractivity contribution < 1.29 is 19.3 Å². The fourth-order valence-electron chi connectivity index (χ4n) is 5.04. The summed E-state index contributed by atoms with van der Waals surface area (Å²) in [5.74, 6) is -1.91. The Balaban J connectivity index is 1.50. The van der Waals surface area contributed by atoms with Crippen molar-refractivity contribution in [1.82, 2.24) is 0 Å². The molecule has 0 radical (unpaired) electrons. The number of amides is 2. The maximum Gasteiger partial charge on any atom is 0.269 e. The van der Waals surface area contributed by atoms with Crippen molar-refractivity contribution >= 4 is 51.2 Å². The molecular weight excluding hydrogens is 482 g/mol. The Kier molecular flexibility index (Phi) is 5.21. The molecule has 0 N–H and O–H groups in total. The number of carbonyl (C=O) groups is 2.